The van der Waals surface area contributed by atoms with E-state index in [1.165, 1.54) is 5.41 Å². The van der Waals surface area contributed by atoms with Gasteiger partial charge in [0.05, 0.1) is 4.90 Å². The van der Waals surface area contributed by atoms with Gasteiger partial charge in [0.25, 0.3) is 0 Å². The van der Waals surface area contributed by atoms with Crippen LogP contribution >= 0.6 is 12.6 Å². The summed E-state index contributed by atoms with van der Waals surface area (Å²) < 4.78 is 23.7. The topological polar surface area (TPSA) is 60.2 Å². The van der Waals surface area contributed by atoms with Gasteiger partial charge in [0.2, 0.25) is 9.84 Å². The average Bonchev–Trinajstić information content (AvgIpc) is 2.50. The van der Waals surface area contributed by atoms with Crippen LogP contribution in [0.5, 0.6) is 0 Å². The van der Waals surface area contributed by atoms with Crippen molar-refractivity contribution in [1.82, 2.24) is 0 Å². The Bertz CT molecular complexity index is 532. The molecule has 0 spiro atoms. The third-order valence-electron chi connectivity index (χ3n) is 2.41. The van der Waals surface area contributed by atoms with Crippen LogP contribution in [0, 0.1) is 0 Å². The molecule has 0 unspecified atom stereocenters. The summed E-state index contributed by atoms with van der Waals surface area (Å²) >= 11 is 4.12. The normalized spacial score (nSPS) is 17.3. The van der Waals surface area contributed by atoms with Gasteiger partial charge in [0.1, 0.15) is 0 Å². The number of rotatable bonds is 2. The van der Waals surface area contributed by atoms with Crippen LogP contribution in [0.3, 0.4) is 0 Å². The Morgan fingerprint density at radius 2 is 2.07 bits per heavy atom. The summed E-state index contributed by atoms with van der Waals surface area (Å²) in [4.78, 5) is 0.358. The highest BCUT2D eigenvalue weighted by atomic mass is 32.2. The highest BCUT2D eigenvalue weighted by Gasteiger charge is 2.28. The van der Waals surface area contributed by atoms with Crippen molar-refractivity contribution >= 4 is 28.0 Å². The number of sulfone groups is 1. The van der Waals surface area contributed by atoms with Crippen LogP contribution in [0.15, 0.2) is 28.5 Å². The van der Waals surface area contributed by atoms with Crippen LogP contribution in [0.25, 0.3) is 5.57 Å². The van der Waals surface area contributed by atoms with Crippen LogP contribution < -0.4 is 5.73 Å². The van der Waals surface area contributed by atoms with Gasteiger partial charge in [-0.05, 0) is 16.7 Å². The molecule has 1 aliphatic heterocycles. The molecule has 0 aromatic heterocycles. The van der Waals surface area contributed by atoms with Gasteiger partial charge in [-0.25, -0.2) is 8.42 Å². The number of fused-ring (bicyclic) bond motifs is 1. The summed E-state index contributed by atoms with van der Waals surface area (Å²) in [6.07, 6.45) is 0. The van der Waals surface area contributed by atoms with Crippen molar-refractivity contribution < 1.29 is 8.42 Å². The van der Waals surface area contributed by atoms with Crippen molar-refractivity contribution in [3.8, 4) is 0 Å². The summed E-state index contributed by atoms with van der Waals surface area (Å²) in [6.45, 7) is 0.232. The lowest BCUT2D eigenvalue weighted by molar-refractivity contribution is 0.604. The predicted molar refractivity (Wildman–Crippen MR) is 63.3 cm³/mol. The molecule has 0 aliphatic carbocycles. The maximum Gasteiger partial charge on any atom is 0.201 e. The number of hydrogen-bond donors (Lipinski definition) is 2. The van der Waals surface area contributed by atoms with Crippen molar-refractivity contribution in [2.75, 3.05) is 5.75 Å². The zero-order chi connectivity index (χ0) is 11.1. The number of nitrogens with two attached hydrogens (primary N) is 1. The molecular formula is C10H11NO2S2. The molecule has 1 aliphatic rings. The molecule has 0 radical (unpaired) electrons. The Kier molecular flexibility index (Phi) is 2.62. The fourth-order valence-electron chi connectivity index (χ4n) is 1.77. The van der Waals surface area contributed by atoms with Gasteiger partial charge >= 0.3 is 0 Å². The quantitative estimate of drug-likeness (QED) is 0.765. The van der Waals surface area contributed by atoms with Gasteiger partial charge < -0.3 is 5.73 Å². The van der Waals surface area contributed by atoms with E-state index in [1.807, 2.05) is 6.07 Å². The fourth-order valence-corrected chi connectivity index (χ4v) is 3.88. The molecule has 2 N–H and O–H groups in total. The molecule has 0 saturated carbocycles. The first-order valence-electron chi connectivity index (χ1n) is 4.49. The lowest BCUT2D eigenvalue weighted by Gasteiger charge is -2.06. The monoisotopic (exact) mass is 241 g/mol. The standard InChI is InChI=1S/C10H11NO2S2/c11-4-7-2-1-3-9-8(5-14)6-15(12,13)10(7)9/h1-3,6,14H,4-5,11H2. The Morgan fingerprint density at radius 3 is 2.67 bits per heavy atom. The van der Waals surface area contributed by atoms with Gasteiger partial charge in [0.15, 0.2) is 0 Å². The molecule has 3 nitrogen and oxygen atoms in total. The molecule has 80 valence electrons. The van der Waals surface area contributed by atoms with Gasteiger partial charge in [-0.15, -0.1) is 0 Å². The van der Waals surface area contributed by atoms with Crippen LogP contribution in [-0.2, 0) is 16.4 Å². The second kappa shape index (κ2) is 3.66. The summed E-state index contributed by atoms with van der Waals surface area (Å²) in [5, 5.41) is 1.28. The highest BCUT2D eigenvalue weighted by Crippen LogP contribution is 2.35. The van der Waals surface area contributed by atoms with E-state index in [0.29, 0.717) is 16.2 Å². The van der Waals surface area contributed by atoms with Crippen LogP contribution in [-0.4, -0.2) is 14.2 Å². The summed E-state index contributed by atoms with van der Waals surface area (Å²) in [6, 6.07) is 5.35. The Hall–Kier alpha value is -0.780. The second-order valence-electron chi connectivity index (χ2n) is 3.34. The van der Waals surface area contributed by atoms with E-state index in [2.05, 4.69) is 12.6 Å². The predicted octanol–water partition coefficient (Wildman–Crippen LogP) is 1.20. The molecule has 15 heavy (non-hydrogen) atoms. The molecule has 1 aromatic carbocycles. The van der Waals surface area contributed by atoms with E-state index in [0.717, 1.165) is 11.1 Å². The Balaban J connectivity index is 2.77. The number of hydrogen-bond acceptors (Lipinski definition) is 4. The highest BCUT2D eigenvalue weighted by molar-refractivity contribution is 7.95. The first-order valence-corrected chi connectivity index (χ1v) is 6.67. The third kappa shape index (κ3) is 1.60. The van der Waals surface area contributed by atoms with Crippen LogP contribution in [0.2, 0.25) is 0 Å². The number of thiol groups is 1. The van der Waals surface area contributed by atoms with Gasteiger partial charge in [-0.2, -0.15) is 12.6 Å². The largest absolute Gasteiger partial charge is 0.326 e. The van der Waals surface area contributed by atoms with E-state index in [1.54, 1.807) is 12.1 Å². The Labute approximate surface area is 94.3 Å². The van der Waals surface area contributed by atoms with Crippen LogP contribution in [0.4, 0.5) is 0 Å². The average molecular weight is 241 g/mol. The van der Waals surface area contributed by atoms with E-state index in [-0.39, 0.29) is 6.54 Å². The SMILES string of the molecule is NCc1cccc2c1S(=O)(=O)C=C2CS. The smallest absolute Gasteiger partial charge is 0.201 e. The first kappa shape index (κ1) is 10.7. The Morgan fingerprint density at radius 1 is 1.33 bits per heavy atom. The maximum absolute atomic E-state index is 11.8. The molecule has 0 atom stereocenters. The van der Waals surface area contributed by atoms with E-state index < -0.39 is 9.84 Å². The minimum Gasteiger partial charge on any atom is -0.326 e. The number of benzene rings is 1. The van der Waals surface area contributed by atoms with Gasteiger partial charge in [-0.3, -0.25) is 0 Å². The molecule has 1 heterocycles. The van der Waals surface area contributed by atoms with E-state index in [9.17, 15) is 8.42 Å². The first-order chi connectivity index (χ1) is 7.10. The summed E-state index contributed by atoms with van der Waals surface area (Å²) in [7, 11) is -3.30. The van der Waals surface area contributed by atoms with Crippen molar-refractivity contribution in [1.29, 1.82) is 0 Å². The van der Waals surface area contributed by atoms with Crippen molar-refractivity contribution in [2.24, 2.45) is 5.73 Å². The van der Waals surface area contributed by atoms with E-state index >= 15 is 0 Å². The minimum absolute atomic E-state index is 0.232. The lowest BCUT2D eigenvalue weighted by Crippen LogP contribution is -2.05. The molecule has 0 fully saturated rings. The summed E-state index contributed by atoms with van der Waals surface area (Å²) in [5.74, 6) is 0.417. The maximum atomic E-state index is 11.8. The fraction of sp³-hybridized carbons (Fsp3) is 0.200. The third-order valence-corrected chi connectivity index (χ3v) is 4.40. The lowest BCUT2D eigenvalue weighted by atomic mass is 10.1. The van der Waals surface area contributed by atoms with Gasteiger partial charge in [0, 0.05) is 17.7 Å². The summed E-state index contributed by atoms with van der Waals surface area (Å²) in [5.41, 5.74) is 7.67. The molecular weight excluding hydrogens is 230 g/mol. The van der Waals surface area contributed by atoms with Gasteiger partial charge in [-0.1, -0.05) is 18.2 Å². The van der Waals surface area contributed by atoms with Crippen molar-refractivity contribution in [2.45, 2.75) is 11.4 Å². The molecule has 1 aromatic rings. The molecule has 0 amide bonds. The zero-order valence-electron chi connectivity index (χ0n) is 7.97. The second-order valence-corrected chi connectivity index (χ2v) is 5.39. The van der Waals surface area contributed by atoms with Crippen molar-refractivity contribution in [3.05, 3.63) is 34.7 Å². The van der Waals surface area contributed by atoms with E-state index in [4.69, 9.17) is 5.73 Å². The van der Waals surface area contributed by atoms with Crippen molar-refractivity contribution in [3.63, 3.8) is 0 Å². The molecule has 5 heteroatoms. The molecule has 0 bridgehead atoms. The zero-order valence-corrected chi connectivity index (χ0v) is 9.68. The molecule has 0 saturated heterocycles. The van der Waals surface area contributed by atoms with Crippen LogP contribution in [0.1, 0.15) is 11.1 Å². The molecule has 2 rings (SSSR count). The minimum atomic E-state index is -3.30.